The van der Waals surface area contributed by atoms with Crippen LogP contribution in [-0.2, 0) is 7.05 Å². The number of thiophene rings is 2. The quantitative estimate of drug-likeness (QED) is 0.415. The van der Waals surface area contributed by atoms with Crippen molar-refractivity contribution in [1.82, 2.24) is 19.5 Å². The molecule has 0 fully saturated rings. The number of thioether (sulfide) groups is 1. The van der Waals surface area contributed by atoms with Crippen molar-refractivity contribution >= 4 is 54.9 Å². The molecule has 9 heteroatoms. The van der Waals surface area contributed by atoms with Crippen molar-refractivity contribution in [1.29, 1.82) is 0 Å². The number of fused-ring (bicyclic) bond motifs is 2. The van der Waals surface area contributed by atoms with Gasteiger partial charge < -0.3 is 4.98 Å². The molecule has 0 aliphatic heterocycles. The Bertz CT molecular complexity index is 1260. The predicted octanol–water partition coefficient (Wildman–Crippen LogP) is 3.76. The van der Waals surface area contributed by atoms with E-state index in [-0.39, 0.29) is 16.4 Å². The summed E-state index contributed by atoms with van der Waals surface area (Å²) < 4.78 is 1.55. The summed E-state index contributed by atoms with van der Waals surface area (Å²) in [5.41, 5.74) is 0.806. The van der Waals surface area contributed by atoms with Crippen LogP contribution in [0.5, 0.6) is 0 Å². The van der Waals surface area contributed by atoms with Crippen molar-refractivity contribution in [3.8, 4) is 0 Å². The minimum absolute atomic E-state index is 0.0626. The van der Waals surface area contributed by atoms with Crippen molar-refractivity contribution in [3.05, 3.63) is 48.4 Å². The number of rotatable bonds is 3. The lowest BCUT2D eigenvalue weighted by Gasteiger charge is -2.12. The van der Waals surface area contributed by atoms with Crippen LogP contribution in [-0.4, -0.2) is 19.5 Å². The normalized spacial score (nSPS) is 12.9. The number of H-pyrrole nitrogens is 1. The number of hydrogen-bond acceptors (Lipinski definition) is 7. The summed E-state index contributed by atoms with van der Waals surface area (Å²) in [6.45, 7) is 5.89. The third-order valence-corrected chi connectivity index (χ3v) is 7.45. The summed E-state index contributed by atoms with van der Waals surface area (Å²) in [6.07, 6.45) is 0. The maximum absolute atomic E-state index is 12.5. The van der Waals surface area contributed by atoms with Gasteiger partial charge in [0.15, 0.2) is 5.16 Å². The van der Waals surface area contributed by atoms with Gasteiger partial charge in [0.2, 0.25) is 0 Å². The number of hydrogen-bond donors (Lipinski definition) is 1. The standard InChI is InChI=1S/C17H16N4O2S3/c1-7-8(2)25-15-11(7)13(22)18-12(19-15)9(3)26-17-20-14-10(5-6-24-14)16(23)21(17)4/h5-6,9H,1-4H3,(H,18,19,22). The summed E-state index contributed by atoms with van der Waals surface area (Å²) in [4.78, 5) is 39.6. The van der Waals surface area contributed by atoms with Gasteiger partial charge >= 0.3 is 0 Å². The van der Waals surface area contributed by atoms with Crippen molar-refractivity contribution < 1.29 is 0 Å². The molecule has 0 radical (unpaired) electrons. The number of aryl methyl sites for hydroxylation is 2. The maximum atomic E-state index is 12.5. The maximum Gasteiger partial charge on any atom is 0.262 e. The average molecular weight is 405 g/mol. The smallest absolute Gasteiger partial charge is 0.262 e. The van der Waals surface area contributed by atoms with Crippen LogP contribution >= 0.6 is 34.4 Å². The van der Waals surface area contributed by atoms with E-state index in [2.05, 4.69) is 15.0 Å². The molecule has 4 heterocycles. The zero-order chi connectivity index (χ0) is 18.6. The monoisotopic (exact) mass is 404 g/mol. The van der Waals surface area contributed by atoms with E-state index in [9.17, 15) is 9.59 Å². The third-order valence-electron chi connectivity index (χ3n) is 4.39. The van der Waals surface area contributed by atoms with Gasteiger partial charge in [-0.3, -0.25) is 14.2 Å². The van der Waals surface area contributed by atoms with Crippen LogP contribution in [0.2, 0.25) is 0 Å². The Morgan fingerprint density at radius 3 is 2.77 bits per heavy atom. The van der Waals surface area contributed by atoms with Gasteiger partial charge in [-0.05, 0) is 37.8 Å². The van der Waals surface area contributed by atoms with E-state index in [1.807, 2.05) is 26.2 Å². The second kappa shape index (κ2) is 6.33. The fourth-order valence-electron chi connectivity index (χ4n) is 2.76. The van der Waals surface area contributed by atoms with Crippen molar-refractivity contribution in [3.63, 3.8) is 0 Å². The Kier molecular flexibility index (Phi) is 4.25. The second-order valence-electron chi connectivity index (χ2n) is 6.07. The topological polar surface area (TPSA) is 80.6 Å². The van der Waals surface area contributed by atoms with Crippen LogP contribution in [0.1, 0.15) is 28.4 Å². The molecular weight excluding hydrogens is 388 g/mol. The van der Waals surface area contributed by atoms with Gasteiger partial charge in [-0.25, -0.2) is 9.97 Å². The highest BCUT2D eigenvalue weighted by molar-refractivity contribution is 7.99. The molecule has 134 valence electrons. The lowest BCUT2D eigenvalue weighted by Crippen LogP contribution is -2.20. The van der Waals surface area contributed by atoms with Crippen molar-refractivity contribution in [2.45, 2.75) is 31.2 Å². The van der Waals surface area contributed by atoms with Gasteiger partial charge in [-0.15, -0.1) is 22.7 Å². The Balaban J connectivity index is 1.76. The highest BCUT2D eigenvalue weighted by Gasteiger charge is 2.18. The first-order chi connectivity index (χ1) is 12.4. The molecule has 1 N–H and O–H groups in total. The fourth-order valence-corrected chi connectivity index (χ4v) is 5.54. The number of aromatic amines is 1. The molecule has 6 nitrogen and oxygen atoms in total. The molecule has 0 bridgehead atoms. The van der Waals surface area contributed by atoms with Crippen molar-refractivity contribution in [2.24, 2.45) is 7.05 Å². The summed E-state index contributed by atoms with van der Waals surface area (Å²) in [7, 11) is 1.72. The molecule has 4 aromatic rings. The van der Waals surface area contributed by atoms with Crippen LogP contribution < -0.4 is 11.1 Å². The van der Waals surface area contributed by atoms with Crippen LogP contribution in [0, 0.1) is 13.8 Å². The molecule has 0 spiro atoms. The zero-order valence-electron chi connectivity index (χ0n) is 14.6. The number of aromatic nitrogens is 4. The first kappa shape index (κ1) is 17.4. The summed E-state index contributed by atoms with van der Waals surface area (Å²) >= 11 is 4.39. The Morgan fingerprint density at radius 2 is 2.00 bits per heavy atom. The average Bonchev–Trinajstić information content (AvgIpc) is 3.17. The Hall–Kier alpha value is -1.97. The molecule has 0 aliphatic carbocycles. The molecular formula is C17H16N4O2S3. The van der Waals surface area contributed by atoms with E-state index < -0.39 is 0 Å². The molecule has 26 heavy (non-hydrogen) atoms. The molecule has 1 unspecified atom stereocenters. The molecule has 0 amide bonds. The minimum Gasteiger partial charge on any atom is -0.309 e. The van der Waals surface area contributed by atoms with E-state index in [1.54, 1.807) is 17.7 Å². The predicted molar refractivity (Wildman–Crippen MR) is 109 cm³/mol. The summed E-state index contributed by atoms with van der Waals surface area (Å²) in [5, 5.41) is 3.63. The largest absolute Gasteiger partial charge is 0.309 e. The van der Waals surface area contributed by atoms with Gasteiger partial charge in [-0.1, -0.05) is 11.8 Å². The lowest BCUT2D eigenvalue weighted by atomic mass is 10.2. The Labute approximate surface area is 160 Å². The fraction of sp³-hybridized carbons (Fsp3) is 0.294. The van der Waals surface area contributed by atoms with Gasteiger partial charge in [0.25, 0.3) is 11.1 Å². The molecule has 0 saturated carbocycles. The highest BCUT2D eigenvalue weighted by Crippen LogP contribution is 2.33. The zero-order valence-corrected chi connectivity index (χ0v) is 17.1. The van der Waals surface area contributed by atoms with Gasteiger partial charge in [0, 0.05) is 11.9 Å². The van der Waals surface area contributed by atoms with E-state index >= 15 is 0 Å². The van der Waals surface area contributed by atoms with E-state index in [4.69, 9.17) is 0 Å². The summed E-state index contributed by atoms with van der Waals surface area (Å²) in [5.74, 6) is 0.592. The highest BCUT2D eigenvalue weighted by atomic mass is 32.2. The van der Waals surface area contributed by atoms with Gasteiger partial charge in [-0.2, -0.15) is 0 Å². The minimum atomic E-state index is -0.148. The molecule has 4 aromatic heterocycles. The van der Waals surface area contributed by atoms with Gasteiger partial charge in [0.1, 0.15) is 15.5 Å². The van der Waals surface area contributed by atoms with E-state index in [0.29, 0.717) is 21.8 Å². The summed E-state index contributed by atoms with van der Waals surface area (Å²) in [6, 6.07) is 1.79. The first-order valence-corrected chi connectivity index (χ1v) is 10.5. The molecule has 1 atom stereocenters. The molecule has 4 rings (SSSR count). The van der Waals surface area contributed by atoms with Crippen LogP contribution in [0.4, 0.5) is 0 Å². The molecule has 0 aliphatic rings. The van der Waals surface area contributed by atoms with E-state index in [0.717, 1.165) is 20.1 Å². The van der Waals surface area contributed by atoms with Crippen molar-refractivity contribution in [2.75, 3.05) is 0 Å². The SMILES string of the molecule is Cc1sc2nc(C(C)Sc3nc4sccc4c(=O)n3C)[nH]c(=O)c2c1C. The lowest BCUT2D eigenvalue weighted by molar-refractivity contribution is 0.724. The number of nitrogens with zero attached hydrogens (tertiary/aromatic N) is 3. The van der Waals surface area contributed by atoms with Crippen LogP contribution in [0.15, 0.2) is 26.2 Å². The molecule has 0 aromatic carbocycles. The second-order valence-corrected chi connectivity index (χ2v) is 9.48. The van der Waals surface area contributed by atoms with Gasteiger partial charge in [0.05, 0.1) is 16.0 Å². The number of nitrogens with one attached hydrogen (secondary N) is 1. The third kappa shape index (κ3) is 2.70. The van der Waals surface area contributed by atoms with E-state index in [1.165, 1.54) is 34.4 Å². The molecule has 0 saturated heterocycles. The first-order valence-electron chi connectivity index (χ1n) is 7.97. The van der Waals surface area contributed by atoms with Crippen LogP contribution in [0.3, 0.4) is 0 Å². The van der Waals surface area contributed by atoms with Crippen LogP contribution in [0.25, 0.3) is 20.4 Å². The Morgan fingerprint density at radius 1 is 1.23 bits per heavy atom.